The number of aromatic nitrogens is 2. The summed E-state index contributed by atoms with van der Waals surface area (Å²) in [6, 6.07) is 12.9. The summed E-state index contributed by atoms with van der Waals surface area (Å²) in [5.74, 6) is -1.40. The van der Waals surface area contributed by atoms with Crippen molar-refractivity contribution in [3.05, 3.63) is 93.8 Å². The molecular formula is C25H22FN3O3. The van der Waals surface area contributed by atoms with Crippen molar-refractivity contribution in [2.75, 3.05) is 5.32 Å². The SMILES string of the molecule is Cc1cc(C(C)Nc2cnccc2C(=O)O)c2cc(-c3ccc(F)cc3)n(C)c(=O)c2c1. The van der Waals surface area contributed by atoms with Gasteiger partial charge in [0.15, 0.2) is 0 Å². The van der Waals surface area contributed by atoms with Gasteiger partial charge in [0, 0.05) is 24.7 Å². The number of aryl methyl sites for hydroxylation is 1. The van der Waals surface area contributed by atoms with E-state index in [2.05, 4.69) is 10.3 Å². The fraction of sp³-hybridized carbons (Fsp3) is 0.160. The van der Waals surface area contributed by atoms with E-state index < -0.39 is 5.97 Å². The van der Waals surface area contributed by atoms with Gasteiger partial charge in [0.1, 0.15) is 5.82 Å². The molecule has 0 spiro atoms. The average Bonchev–Trinajstić information content (AvgIpc) is 2.77. The van der Waals surface area contributed by atoms with E-state index >= 15 is 0 Å². The smallest absolute Gasteiger partial charge is 0.337 e. The maximum absolute atomic E-state index is 13.4. The number of aromatic carboxylic acids is 1. The number of carbonyl (C=O) groups is 1. The predicted octanol–water partition coefficient (Wildman–Crippen LogP) is 4.92. The van der Waals surface area contributed by atoms with E-state index in [4.69, 9.17) is 0 Å². The van der Waals surface area contributed by atoms with Crippen LogP contribution in [0.1, 0.15) is 34.5 Å². The Bertz CT molecular complexity index is 1390. The molecule has 2 heterocycles. The van der Waals surface area contributed by atoms with Crippen LogP contribution in [0.2, 0.25) is 0 Å². The van der Waals surface area contributed by atoms with E-state index in [-0.39, 0.29) is 23.0 Å². The number of carboxylic acid groups (broad SMARTS) is 1. The van der Waals surface area contributed by atoms with Crippen molar-refractivity contribution in [2.24, 2.45) is 7.05 Å². The molecule has 162 valence electrons. The van der Waals surface area contributed by atoms with Gasteiger partial charge in [0.05, 0.1) is 23.1 Å². The summed E-state index contributed by atoms with van der Waals surface area (Å²) in [5, 5.41) is 14.0. The zero-order valence-corrected chi connectivity index (χ0v) is 17.9. The molecule has 1 unspecified atom stereocenters. The van der Waals surface area contributed by atoms with Crippen molar-refractivity contribution in [2.45, 2.75) is 19.9 Å². The van der Waals surface area contributed by atoms with Gasteiger partial charge < -0.3 is 15.0 Å². The highest BCUT2D eigenvalue weighted by atomic mass is 19.1. The largest absolute Gasteiger partial charge is 0.478 e. The number of halogens is 1. The summed E-state index contributed by atoms with van der Waals surface area (Å²) in [6.07, 6.45) is 2.90. The lowest BCUT2D eigenvalue weighted by Gasteiger charge is -2.21. The molecule has 0 aliphatic heterocycles. The van der Waals surface area contributed by atoms with E-state index in [0.717, 1.165) is 22.1 Å². The molecule has 1 atom stereocenters. The number of hydrogen-bond donors (Lipinski definition) is 2. The van der Waals surface area contributed by atoms with Crippen molar-refractivity contribution in [1.29, 1.82) is 0 Å². The highest BCUT2D eigenvalue weighted by Crippen LogP contribution is 2.31. The van der Waals surface area contributed by atoms with E-state index in [1.54, 1.807) is 23.7 Å². The van der Waals surface area contributed by atoms with E-state index in [0.29, 0.717) is 16.8 Å². The molecule has 6 nitrogen and oxygen atoms in total. The topological polar surface area (TPSA) is 84.2 Å². The number of anilines is 1. The van der Waals surface area contributed by atoms with Crippen molar-refractivity contribution in [3.63, 3.8) is 0 Å². The fourth-order valence-electron chi connectivity index (χ4n) is 3.95. The van der Waals surface area contributed by atoms with Crippen molar-refractivity contribution >= 4 is 22.4 Å². The molecular weight excluding hydrogens is 409 g/mol. The van der Waals surface area contributed by atoms with Crippen LogP contribution in [0.15, 0.2) is 65.7 Å². The highest BCUT2D eigenvalue weighted by molar-refractivity contribution is 5.94. The first-order valence-corrected chi connectivity index (χ1v) is 10.1. The lowest BCUT2D eigenvalue weighted by Crippen LogP contribution is -2.20. The number of pyridine rings is 2. The summed E-state index contributed by atoms with van der Waals surface area (Å²) in [5.41, 5.74) is 3.49. The molecule has 0 bridgehead atoms. The Balaban J connectivity index is 1.89. The van der Waals surface area contributed by atoms with Crippen molar-refractivity contribution in [3.8, 4) is 11.3 Å². The first-order chi connectivity index (χ1) is 15.3. The van der Waals surface area contributed by atoms with Crippen molar-refractivity contribution < 1.29 is 14.3 Å². The maximum atomic E-state index is 13.4. The predicted molar refractivity (Wildman–Crippen MR) is 123 cm³/mol. The van der Waals surface area contributed by atoms with Gasteiger partial charge in [-0.05, 0) is 78.4 Å². The van der Waals surface area contributed by atoms with Gasteiger partial charge in [0.2, 0.25) is 0 Å². The van der Waals surface area contributed by atoms with Gasteiger partial charge >= 0.3 is 5.97 Å². The number of rotatable bonds is 5. The molecule has 32 heavy (non-hydrogen) atoms. The van der Waals surface area contributed by atoms with E-state index in [1.165, 1.54) is 30.6 Å². The number of nitrogens with zero attached hydrogens (tertiary/aromatic N) is 2. The Kier molecular flexibility index (Phi) is 5.48. The Morgan fingerprint density at radius 2 is 1.84 bits per heavy atom. The summed E-state index contributed by atoms with van der Waals surface area (Å²) < 4.78 is 15.0. The third kappa shape index (κ3) is 3.85. The number of nitrogens with one attached hydrogen (secondary N) is 1. The summed E-state index contributed by atoms with van der Waals surface area (Å²) in [6.45, 7) is 3.82. The lowest BCUT2D eigenvalue weighted by molar-refractivity contribution is 0.0697. The molecule has 0 amide bonds. The van der Waals surface area contributed by atoms with Crippen LogP contribution in [-0.4, -0.2) is 20.6 Å². The van der Waals surface area contributed by atoms with Gasteiger partial charge in [0.25, 0.3) is 5.56 Å². The summed E-state index contributed by atoms with van der Waals surface area (Å²) in [4.78, 5) is 28.8. The van der Waals surface area contributed by atoms with Gasteiger partial charge in [-0.1, -0.05) is 6.07 Å². The van der Waals surface area contributed by atoms with Gasteiger partial charge in [-0.25, -0.2) is 9.18 Å². The van der Waals surface area contributed by atoms with Gasteiger partial charge in [-0.2, -0.15) is 0 Å². The van der Waals surface area contributed by atoms with Crippen LogP contribution in [0.5, 0.6) is 0 Å². The summed E-state index contributed by atoms with van der Waals surface area (Å²) >= 11 is 0. The standard InChI is InChI=1S/C25H22FN3O3/c1-14-10-19(15(2)28-22-13-27-9-8-18(22)25(31)32)20-12-23(16-4-6-17(26)7-5-16)29(3)24(30)21(20)11-14/h4-13,15,28H,1-3H3,(H,31,32). The Hall–Kier alpha value is -4.00. The minimum Gasteiger partial charge on any atom is -0.478 e. The Morgan fingerprint density at radius 1 is 1.12 bits per heavy atom. The number of carboxylic acids is 1. The van der Waals surface area contributed by atoms with Crippen LogP contribution < -0.4 is 10.9 Å². The first-order valence-electron chi connectivity index (χ1n) is 10.1. The lowest BCUT2D eigenvalue weighted by atomic mass is 9.96. The van der Waals surface area contributed by atoms with Crippen LogP contribution >= 0.6 is 0 Å². The third-order valence-electron chi connectivity index (χ3n) is 5.56. The fourth-order valence-corrected chi connectivity index (χ4v) is 3.95. The quantitative estimate of drug-likeness (QED) is 0.469. The molecule has 0 fully saturated rings. The van der Waals surface area contributed by atoms with Gasteiger partial charge in [-0.15, -0.1) is 0 Å². The monoisotopic (exact) mass is 431 g/mol. The van der Waals surface area contributed by atoms with Crippen LogP contribution in [0, 0.1) is 12.7 Å². The molecule has 0 aliphatic rings. The van der Waals surface area contributed by atoms with Crippen LogP contribution in [0.25, 0.3) is 22.0 Å². The van der Waals surface area contributed by atoms with E-state index in [9.17, 15) is 19.1 Å². The van der Waals surface area contributed by atoms with Gasteiger partial charge in [-0.3, -0.25) is 9.78 Å². The third-order valence-corrected chi connectivity index (χ3v) is 5.56. The molecule has 4 rings (SSSR count). The molecule has 2 aromatic heterocycles. The molecule has 4 aromatic rings. The minimum atomic E-state index is -1.05. The number of fused-ring (bicyclic) bond motifs is 1. The van der Waals surface area contributed by atoms with Crippen LogP contribution in [-0.2, 0) is 7.05 Å². The second-order valence-corrected chi connectivity index (χ2v) is 7.81. The maximum Gasteiger partial charge on any atom is 0.337 e. The normalized spacial score (nSPS) is 12.0. The summed E-state index contributed by atoms with van der Waals surface area (Å²) in [7, 11) is 1.69. The molecule has 7 heteroatoms. The van der Waals surface area contributed by atoms with Crippen LogP contribution in [0.4, 0.5) is 10.1 Å². The van der Waals surface area contributed by atoms with Crippen molar-refractivity contribution in [1.82, 2.24) is 9.55 Å². The van der Waals surface area contributed by atoms with Crippen LogP contribution in [0.3, 0.4) is 0 Å². The highest BCUT2D eigenvalue weighted by Gasteiger charge is 2.18. The Morgan fingerprint density at radius 3 is 2.53 bits per heavy atom. The zero-order chi connectivity index (χ0) is 23.0. The number of benzene rings is 2. The number of hydrogen-bond acceptors (Lipinski definition) is 4. The Labute approximate surface area is 184 Å². The average molecular weight is 431 g/mol. The molecule has 0 radical (unpaired) electrons. The molecule has 0 aliphatic carbocycles. The molecule has 0 saturated heterocycles. The first kappa shape index (κ1) is 21.2. The molecule has 2 aromatic carbocycles. The van der Waals surface area contributed by atoms with E-state index in [1.807, 2.05) is 32.0 Å². The second kappa shape index (κ2) is 8.26. The second-order valence-electron chi connectivity index (χ2n) is 7.81. The molecule has 2 N–H and O–H groups in total. The zero-order valence-electron chi connectivity index (χ0n) is 17.9. The minimum absolute atomic E-state index is 0.117. The molecule has 0 saturated carbocycles.